The molecule has 0 saturated carbocycles. The van der Waals surface area contributed by atoms with Crippen molar-refractivity contribution in [3.8, 4) is 0 Å². The van der Waals surface area contributed by atoms with Crippen LogP contribution in [0, 0.1) is 6.92 Å². The third-order valence-electron chi connectivity index (χ3n) is 2.76. The number of ether oxygens (including phenoxy) is 1. The normalized spacial score (nSPS) is 12.4. The number of hydrogen-bond acceptors (Lipinski definition) is 4. The summed E-state index contributed by atoms with van der Waals surface area (Å²) in [6, 6.07) is 5.18. The fraction of sp³-hybridized carbons (Fsp3) is 0.429. The van der Waals surface area contributed by atoms with E-state index in [9.17, 15) is 4.79 Å². The quantitative estimate of drug-likeness (QED) is 0.599. The predicted molar refractivity (Wildman–Crippen MR) is 80.5 cm³/mol. The van der Waals surface area contributed by atoms with Crippen LogP contribution in [0.2, 0.25) is 5.02 Å². The van der Waals surface area contributed by atoms with Crippen molar-refractivity contribution in [2.45, 2.75) is 19.9 Å². The molecule has 1 amide bonds. The number of amides is 1. The second kappa shape index (κ2) is 7.87. The molecule has 1 rings (SSSR count). The molecule has 0 fully saturated rings. The van der Waals surface area contributed by atoms with E-state index in [2.05, 4.69) is 9.99 Å². The topological polar surface area (TPSA) is 51.1 Å². The zero-order chi connectivity index (χ0) is 15.1. The Kier molecular flexibility index (Phi) is 6.48. The molecule has 20 heavy (non-hydrogen) atoms. The van der Waals surface area contributed by atoms with Gasteiger partial charge in [0.05, 0.1) is 23.0 Å². The SMILES string of the molecule is COCC(=O)N(c1c(C)cccc1Cl)[C@@H](C)/C=N\OC. The van der Waals surface area contributed by atoms with Gasteiger partial charge in [-0.2, -0.15) is 0 Å². The summed E-state index contributed by atoms with van der Waals surface area (Å²) in [4.78, 5) is 18.5. The summed E-state index contributed by atoms with van der Waals surface area (Å²) in [5.41, 5.74) is 1.56. The van der Waals surface area contributed by atoms with Gasteiger partial charge in [0.25, 0.3) is 5.91 Å². The molecule has 6 heteroatoms. The van der Waals surface area contributed by atoms with Gasteiger partial charge in [-0.3, -0.25) is 4.79 Å². The van der Waals surface area contributed by atoms with Gasteiger partial charge in [0.2, 0.25) is 0 Å². The van der Waals surface area contributed by atoms with E-state index in [4.69, 9.17) is 16.3 Å². The first kappa shape index (κ1) is 16.5. The minimum absolute atomic E-state index is 0.0319. The van der Waals surface area contributed by atoms with E-state index in [0.717, 1.165) is 5.56 Å². The molecule has 0 aliphatic heterocycles. The van der Waals surface area contributed by atoms with Gasteiger partial charge in [0.15, 0.2) is 0 Å². The molecule has 5 nitrogen and oxygen atoms in total. The average molecular weight is 299 g/mol. The number of carbonyl (C=O) groups excluding carboxylic acids is 1. The van der Waals surface area contributed by atoms with Crippen LogP contribution in [0.1, 0.15) is 12.5 Å². The largest absolute Gasteiger partial charge is 0.399 e. The molecule has 0 radical (unpaired) electrons. The van der Waals surface area contributed by atoms with Gasteiger partial charge in [-0.25, -0.2) is 0 Å². The van der Waals surface area contributed by atoms with Crippen LogP contribution in [0.5, 0.6) is 0 Å². The number of rotatable bonds is 6. The van der Waals surface area contributed by atoms with Gasteiger partial charge >= 0.3 is 0 Å². The van der Waals surface area contributed by atoms with Crippen LogP contribution in [0.3, 0.4) is 0 Å². The number of benzene rings is 1. The Labute approximate surface area is 124 Å². The highest BCUT2D eigenvalue weighted by Crippen LogP contribution is 2.30. The summed E-state index contributed by atoms with van der Waals surface area (Å²) >= 11 is 6.24. The second-order valence-corrected chi connectivity index (χ2v) is 4.69. The molecule has 0 heterocycles. The third kappa shape index (κ3) is 3.95. The highest BCUT2D eigenvalue weighted by atomic mass is 35.5. The number of para-hydroxylation sites is 1. The minimum atomic E-state index is -0.309. The Morgan fingerprint density at radius 3 is 2.75 bits per heavy atom. The molecule has 0 aromatic heterocycles. The molecule has 0 spiro atoms. The maximum atomic E-state index is 12.3. The standard InChI is InChI=1S/C14H19ClN2O3/c1-10-6-5-7-12(15)14(10)17(13(18)9-19-3)11(2)8-16-20-4/h5-8,11H,9H2,1-4H3/b16-8-/t11-/m0/s1. The first-order valence-corrected chi connectivity index (χ1v) is 6.53. The molecule has 1 aromatic rings. The van der Waals surface area contributed by atoms with Crippen molar-refractivity contribution < 1.29 is 14.4 Å². The fourth-order valence-corrected chi connectivity index (χ4v) is 2.21. The maximum absolute atomic E-state index is 12.3. The minimum Gasteiger partial charge on any atom is -0.399 e. The molecule has 1 aromatic carbocycles. The number of methoxy groups -OCH3 is 1. The van der Waals surface area contributed by atoms with Crippen molar-refractivity contribution in [3.05, 3.63) is 28.8 Å². The van der Waals surface area contributed by atoms with E-state index < -0.39 is 0 Å². The molecular formula is C14H19ClN2O3. The molecule has 0 unspecified atom stereocenters. The number of oxime groups is 1. The Bertz CT molecular complexity index is 471. The lowest BCUT2D eigenvalue weighted by Gasteiger charge is -2.28. The van der Waals surface area contributed by atoms with Crippen molar-refractivity contribution in [2.75, 3.05) is 25.7 Å². The van der Waals surface area contributed by atoms with Crippen LogP contribution in [0.15, 0.2) is 23.4 Å². The van der Waals surface area contributed by atoms with Crippen LogP contribution in [0.4, 0.5) is 5.69 Å². The number of nitrogens with zero attached hydrogens (tertiary/aromatic N) is 2. The van der Waals surface area contributed by atoms with Crippen molar-refractivity contribution >= 4 is 29.4 Å². The van der Waals surface area contributed by atoms with Crippen molar-refractivity contribution in [1.29, 1.82) is 0 Å². The van der Waals surface area contributed by atoms with E-state index in [0.29, 0.717) is 10.7 Å². The molecule has 0 aliphatic carbocycles. The van der Waals surface area contributed by atoms with Gasteiger partial charge in [0.1, 0.15) is 13.7 Å². The fourth-order valence-electron chi connectivity index (χ4n) is 1.89. The number of halogens is 1. The van der Waals surface area contributed by atoms with Crippen LogP contribution >= 0.6 is 11.6 Å². The maximum Gasteiger partial charge on any atom is 0.253 e. The lowest BCUT2D eigenvalue weighted by atomic mass is 10.1. The molecule has 0 N–H and O–H groups in total. The van der Waals surface area contributed by atoms with Gasteiger partial charge in [-0.15, -0.1) is 0 Å². The highest BCUT2D eigenvalue weighted by Gasteiger charge is 2.24. The average Bonchev–Trinajstić information content (AvgIpc) is 2.40. The molecule has 0 saturated heterocycles. The van der Waals surface area contributed by atoms with Gasteiger partial charge in [0, 0.05) is 7.11 Å². The lowest BCUT2D eigenvalue weighted by molar-refractivity contribution is -0.122. The Morgan fingerprint density at radius 1 is 1.50 bits per heavy atom. The van der Waals surface area contributed by atoms with E-state index in [-0.39, 0.29) is 18.6 Å². The van der Waals surface area contributed by atoms with E-state index in [1.54, 1.807) is 11.0 Å². The van der Waals surface area contributed by atoms with E-state index in [1.807, 2.05) is 26.0 Å². The van der Waals surface area contributed by atoms with Crippen LogP contribution < -0.4 is 4.90 Å². The smallest absolute Gasteiger partial charge is 0.253 e. The first-order chi connectivity index (χ1) is 9.52. The lowest BCUT2D eigenvalue weighted by Crippen LogP contribution is -2.42. The summed E-state index contributed by atoms with van der Waals surface area (Å²) in [6.45, 7) is 3.70. The zero-order valence-electron chi connectivity index (χ0n) is 12.1. The highest BCUT2D eigenvalue weighted by molar-refractivity contribution is 6.34. The van der Waals surface area contributed by atoms with E-state index in [1.165, 1.54) is 20.4 Å². The zero-order valence-corrected chi connectivity index (χ0v) is 12.8. The number of carbonyl (C=O) groups is 1. The van der Waals surface area contributed by atoms with Crippen LogP contribution in [-0.4, -0.2) is 39.0 Å². The molecule has 0 bridgehead atoms. The summed E-state index contributed by atoms with van der Waals surface area (Å²) in [7, 11) is 2.93. The molecule has 0 aliphatic rings. The molecule has 1 atom stereocenters. The summed E-state index contributed by atoms with van der Waals surface area (Å²) in [5, 5.41) is 4.22. The number of hydrogen-bond donors (Lipinski definition) is 0. The first-order valence-electron chi connectivity index (χ1n) is 6.15. The number of aryl methyl sites for hydroxylation is 1. The summed E-state index contributed by atoms with van der Waals surface area (Å²) in [6.07, 6.45) is 1.54. The van der Waals surface area contributed by atoms with E-state index >= 15 is 0 Å². The Hall–Kier alpha value is -1.59. The monoisotopic (exact) mass is 298 g/mol. The number of anilines is 1. The molecule has 110 valence electrons. The molecular weight excluding hydrogens is 280 g/mol. The second-order valence-electron chi connectivity index (χ2n) is 4.28. The predicted octanol–water partition coefficient (Wildman–Crippen LogP) is 2.65. The summed E-state index contributed by atoms with van der Waals surface area (Å²) < 4.78 is 4.93. The summed E-state index contributed by atoms with van der Waals surface area (Å²) in [5.74, 6) is -0.196. The van der Waals surface area contributed by atoms with Gasteiger partial charge in [-0.1, -0.05) is 28.9 Å². The third-order valence-corrected chi connectivity index (χ3v) is 3.06. The van der Waals surface area contributed by atoms with Crippen LogP contribution in [0.25, 0.3) is 0 Å². The van der Waals surface area contributed by atoms with Crippen LogP contribution in [-0.2, 0) is 14.4 Å². The Balaban J connectivity index is 3.23. The van der Waals surface area contributed by atoms with Crippen molar-refractivity contribution in [2.24, 2.45) is 5.16 Å². The Morgan fingerprint density at radius 2 is 2.20 bits per heavy atom. The van der Waals surface area contributed by atoms with Gasteiger partial charge < -0.3 is 14.5 Å². The van der Waals surface area contributed by atoms with Gasteiger partial charge in [-0.05, 0) is 25.5 Å². The van der Waals surface area contributed by atoms with Crippen molar-refractivity contribution in [1.82, 2.24) is 0 Å². The van der Waals surface area contributed by atoms with Crippen molar-refractivity contribution in [3.63, 3.8) is 0 Å².